The molecule has 0 bridgehead atoms. The highest BCUT2D eigenvalue weighted by Crippen LogP contribution is 2.06. The van der Waals surface area contributed by atoms with Crippen molar-refractivity contribution in [3.63, 3.8) is 0 Å². The zero-order valence-electron chi connectivity index (χ0n) is 7.29. The molecule has 0 N–H and O–H groups in total. The summed E-state index contributed by atoms with van der Waals surface area (Å²) >= 11 is 0. The summed E-state index contributed by atoms with van der Waals surface area (Å²) in [5.74, 6) is 0.712. The van der Waals surface area contributed by atoms with Crippen LogP contribution >= 0.6 is 0 Å². The van der Waals surface area contributed by atoms with Crippen molar-refractivity contribution >= 4 is 5.78 Å². The summed E-state index contributed by atoms with van der Waals surface area (Å²) < 4.78 is 9.96. The van der Waals surface area contributed by atoms with Crippen molar-refractivity contribution in [2.24, 2.45) is 0 Å². The first kappa shape index (κ1) is 9.00. The van der Waals surface area contributed by atoms with Gasteiger partial charge in [0.15, 0.2) is 5.78 Å². The molecule has 0 saturated heterocycles. The van der Waals surface area contributed by atoms with E-state index < -0.39 is 0 Å². The number of rotatable bonds is 4. The number of carbonyl (C=O) groups is 1. The lowest BCUT2D eigenvalue weighted by Gasteiger charge is -1.96. The Bertz CT molecular complexity index is 262. The maximum absolute atomic E-state index is 11.2. The average Bonchev–Trinajstić information content (AvgIpc) is 2.47. The lowest BCUT2D eigenvalue weighted by molar-refractivity contribution is 0.0782. The van der Waals surface area contributed by atoms with Crippen LogP contribution in [0.3, 0.4) is 0 Å². The van der Waals surface area contributed by atoms with Gasteiger partial charge in [0.05, 0.1) is 5.56 Å². The first-order chi connectivity index (χ1) is 5.74. The Labute approximate surface area is 71.3 Å². The lowest BCUT2D eigenvalue weighted by Crippen LogP contribution is -2.07. The van der Waals surface area contributed by atoms with Gasteiger partial charge in [-0.3, -0.25) is 4.79 Å². The van der Waals surface area contributed by atoms with Gasteiger partial charge in [0, 0.05) is 6.61 Å². The minimum absolute atomic E-state index is 0.0336. The molecular formula is C9H12O3. The molecule has 0 saturated carbocycles. The number of carbonyl (C=O) groups excluding carboxylic acids is 1. The molecule has 0 aliphatic heterocycles. The number of furan rings is 1. The van der Waals surface area contributed by atoms with E-state index in [-0.39, 0.29) is 12.4 Å². The van der Waals surface area contributed by atoms with E-state index >= 15 is 0 Å². The Hall–Kier alpha value is -1.09. The Morgan fingerprint density at radius 1 is 1.67 bits per heavy atom. The molecule has 66 valence electrons. The largest absolute Gasteiger partial charge is 0.469 e. The normalized spacial score (nSPS) is 10.2. The molecule has 3 nitrogen and oxygen atoms in total. The number of hydrogen-bond donors (Lipinski definition) is 0. The Kier molecular flexibility index (Phi) is 3.05. The number of ketones is 1. The van der Waals surface area contributed by atoms with Gasteiger partial charge in [0.2, 0.25) is 0 Å². The summed E-state index contributed by atoms with van der Waals surface area (Å²) in [6.45, 7) is 4.35. The predicted molar refractivity (Wildman–Crippen MR) is 44.3 cm³/mol. The average molecular weight is 168 g/mol. The second-order valence-corrected chi connectivity index (χ2v) is 2.51. The fourth-order valence-corrected chi connectivity index (χ4v) is 0.868. The van der Waals surface area contributed by atoms with Crippen molar-refractivity contribution in [3.8, 4) is 0 Å². The van der Waals surface area contributed by atoms with Crippen molar-refractivity contribution in [1.29, 1.82) is 0 Å². The van der Waals surface area contributed by atoms with Gasteiger partial charge in [-0.1, -0.05) is 0 Å². The molecule has 0 aliphatic carbocycles. The van der Waals surface area contributed by atoms with Crippen LogP contribution in [0.15, 0.2) is 16.7 Å². The highest BCUT2D eigenvalue weighted by atomic mass is 16.5. The molecule has 0 spiro atoms. The van der Waals surface area contributed by atoms with Crippen LogP contribution in [-0.4, -0.2) is 19.0 Å². The molecule has 12 heavy (non-hydrogen) atoms. The monoisotopic (exact) mass is 168 g/mol. The molecular weight excluding hydrogens is 156 g/mol. The van der Waals surface area contributed by atoms with Gasteiger partial charge in [-0.25, -0.2) is 0 Å². The van der Waals surface area contributed by atoms with E-state index in [0.29, 0.717) is 12.2 Å². The zero-order valence-corrected chi connectivity index (χ0v) is 7.29. The summed E-state index contributed by atoms with van der Waals surface area (Å²) in [6, 6.07) is 1.71. The van der Waals surface area contributed by atoms with E-state index in [4.69, 9.17) is 9.15 Å². The topological polar surface area (TPSA) is 39.4 Å². The first-order valence-electron chi connectivity index (χ1n) is 3.90. The summed E-state index contributed by atoms with van der Waals surface area (Å²) in [7, 11) is 0. The first-order valence-corrected chi connectivity index (χ1v) is 3.90. The molecule has 1 aromatic heterocycles. The van der Waals surface area contributed by atoms with Crippen molar-refractivity contribution in [3.05, 3.63) is 23.7 Å². The molecule has 0 unspecified atom stereocenters. The Morgan fingerprint density at radius 3 is 2.92 bits per heavy atom. The summed E-state index contributed by atoms with van der Waals surface area (Å²) in [4.78, 5) is 11.2. The fourth-order valence-electron chi connectivity index (χ4n) is 0.868. The highest BCUT2D eigenvalue weighted by Gasteiger charge is 2.07. The van der Waals surface area contributed by atoms with Crippen LogP contribution in [0, 0.1) is 6.92 Å². The van der Waals surface area contributed by atoms with Crippen molar-refractivity contribution < 1.29 is 13.9 Å². The van der Waals surface area contributed by atoms with Crippen LogP contribution in [0.5, 0.6) is 0 Å². The predicted octanol–water partition coefficient (Wildman–Crippen LogP) is 1.81. The van der Waals surface area contributed by atoms with Crippen molar-refractivity contribution in [2.75, 3.05) is 13.2 Å². The van der Waals surface area contributed by atoms with Gasteiger partial charge in [-0.2, -0.15) is 0 Å². The maximum Gasteiger partial charge on any atom is 0.191 e. The van der Waals surface area contributed by atoms with Gasteiger partial charge in [-0.05, 0) is 19.9 Å². The molecule has 1 aromatic rings. The summed E-state index contributed by atoms with van der Waals surface area (Å²) in [5.41, 5.74) is 0.584. The lowest BCUT2D eigenvalue weighted by atomic mass is 10.2. The number of aryl methyl sites for hydroxylation is 1. The standard InChI is InChI=1S/C9H12O3/c1-3-11-6-9(10)8-4-7(2)12-5-8/h4-5H,3,6H2,1-2H3. The van der Waals surface area contributed by atoms with Crippen LogP contribution in [0.25, 0.3) is 0 Å². The van der Waals surface area contributed by atoms with Crippen LogP contribution in [0.1, 0.15) is 23.0 Å². The third-order valence-corrected chi connectivity index (χ3v) is 1.49. The third-order valence-electron chi connectivity index (χ3n) is 1.49. The zero-order chi connectivity index (χ0) is 8.97. The Morgan fingerprint density at radius 2 is 2.42 bits per heavy atom. The summed E-state index contributed by atoms with van der Waals surface area (Å²) in [6.07, 6.45) is 1.46. The van der Waals surface area contributed by atoms with E-state index in [1.807, 2.05) is 6.92 Å². The van der Waals surface area contributed by atoms with Crippen LogP contribution in [0.2, 0.25) is 0 Å². The van der Waals surface area contributed by atoms with Gasteiger partial charge in [0.1, 0.15) is 18.6 Å². The second-order valence-electron chi connectivity index (χ2n) is 2.51. The van der Waals surface area contributed by atoms with Gasteiger partial charge in [-0.15, -0.1) is 0 Å². The van der Waals surface area contributed by atoms with Crippen LogP contribution in [0.4, 0.5) is 0 Å². The van der Waals surface area contributed by atoms with Crippen LogP contribution < -0.4 is 0 Å². The molecule has 0 atom stereocenters. The van der Waals surface area contributed by atoms with Gasteiger partial charge < -0.3 is 9.15 Å². The summed E-state index contributed by atoms with van der Waals surface area (Å²) in [5, 5.41) is 0. The number of hydrogen-bond acceptors (Lipinski definition) is 3. The van der Waals surface area contributed by atoms with Gasteiger partial charge in [0.25, 0.3) is 0 Å². The SMILES string of the molecule is CCOCC(=O)c1coc(C)c1. The maximum atomic E-state index is 11.2. The molecule has 0 aliphatic rings. The molecule has 0 radical (unpaired) electrons. The third kappa shape index (κ3) is 2.20. The fraction of sp³-hybridized carbons (Fsp3) is 0.444. The number of Topliss-reactive ketones (excluding diaryl/α,β-unsaturated/α-hetero) is 1. The second kappa shape index (κ2) is 4.07. The Balaban J connectivity index is 2.53. The number of ether oxygens (including phenoxy) is 1. The van der Waals surface area contributed by atoms with E-state index in [2.05, 4.69) is 0 Å². The molecule has 0 fully saturated rings. The van der Waals surface area contributed by atoms with Crippen molar-refractivity contribution in [1.82, 2.24) is 0 Å². The minimum Gasteiger partial charge on any atom is -0.469 e. The smallest absolute Gasteiger partial charge is 0.191 e. The highest BCUT2D eigenvalue weighted by molar-refractivity contribution is 5.96. The van der Waals surface area contributed by atoms with Crippen molar-refractivity contribution in [2.45, 2.75) is 13.8 Å². The van der Waals surface area contributed by atoms with E-state index in [1.54, 1.807) is 13.0 Å². The van der Waals surface area contributed by atoms with Crippen LogP contribution in [-0.2, 0) is 4.74 Å². The van der Waals surface area contributed by atoms with Gasteiger partial charge >= 0.3 is 0 Å². The molecule has 3 heteroatoms. The minimum atomic E-state index is -0.0336. The van der Waals surface area contributed by atoms with E-state index in [9.17, 15) is 4.79 Å². The van der Waals surface area contributed by atoms with E-state index in [1.165, 1.54) is 6.26 Å². The molecule has 0 amide bonds. The quantitative estimate of drug-likeness (QED) is 0.643. The van der Waals surface area contributed by atoms with E-state index in [0.717, 1.165) is 5.76 Å². The molecule has 0 aromatic carbocycles. The molecule has 1 heterocycles. The molecule has 1 rings (SSSR count).